The Morgan fingerprint density at radius 2 is 0.889 bits per heavy atom. The standard InChI is InChI=1S/C44H28O/c1-3-15-29(16-4-1)31-27-39(44-38-25-13-14-26-40(38)45-41(44)28-31)43-36-23-11-9-21-34(36)42(35-22-10-12-24-37(35)43)33-20-8-7-19-32(33)30-17-5-2-6-18-30/h1-28H/i13D,14D,25D,26D,27D,28D. The SMILES string of the molecule is [2H]c1c([2H])c([2H])c2c(oc3c([2H])c(-c4ccccc4)c([2H])c(-c4c5ccccc5c(-c5ccccc5-c5ccccc5)c5ccccc45)c32)c1[2H]. The lowest BCUT2D eigenvalue weighted by atomic mass is 9.82. The Morgan fingerprint density at radius 3 is 1.53 bits per heavy atom. The molecule has 0 aliphatic carbocycles. The summed E-state index contributed by atoms with van der Waals surface area (Å²) in [6, 6.07) is 42.9. The molecule has 0 aliphatic heterocycles. The number of para-hydroxylation sites is 1. The van der Waals surface area contributed by atoms with E-state index in [0.717, 1.165) is 49.4 Å². The number of fused-ring (bicyclic) bond motifs is 5. The third-order valence-corrected chi connectivity index (χ3v) is 8.60. The molecule has 1 nitrogen and oxygen atoms in total. The molecule has 0 aliphatic rings. The van der Waals surface area contributed by atoms with E-state index in [9.17, 15) is 2.74 Å². The molecule has 1 aromatic heterocycles. The van der Waals surface area contributed by atoms with Crippen LogP contribution in [0.4, 0.5) is 0 Å². The van der Waals surface area contributed by atoms with Crippen molar-refractivity contribution in [3.05, 3.63) is 170 Å². The predicted molar refractivity (Wildman–Crippen MR) is 190 cm³/mol. The topological polar surface area (TPSA) is 13.1 Å². The molecule has 0 N–H and O–H groups in total. The van der Waals surface area contributed by atoms with Gasteiger partial charge in [-0.25, -0.2) is 0 Å². The Morgan fingerprint density at radius 1 is 0.378 bits per heavy atom. The number of rotatable bonds is 4. The molecule has 210 valence electrons. The van der Waals surface area contributed by atoms with E-state index >= 15 is 0 Å². The fourth-order valence-corrected chi connectivity index (χ4v) is 6.67. The van der Waals surface area contributed by atoms with Crippen LogP contribution in [0, 0.1) is 0 Å². The van der Waals surface area contributed by atoms with Crippen molar-refractivity contribution in [2.75, 3.05) is 0 Å². The molecular weight excluding hydrogens is 544 g/mol. The van der Waals surface area contributed by atoms with Crippen molar-refractivity contribution in [1.29, 1.82) is 0 Å². The number of furan rings is 1. The van der Waals surface area contributed by atoms with Crippen LogP contribution in [0.25, 0.3) is 88.0 Å². The van der Waals surface area contributed by atoms with Crippen LogP contribution in [-0.4, -0.2) is 0 Å². The lowest BCUT2D eigenvalue weighted by molar-refractivity contribution is 0.669. The maximum absolute atomic E-state index is 9.94. The van der Waals surface area contributed by atoms with Gasteiger partial charge in [-0.15, -0.1) is 0 Å². The van der Waals surface area contributed by atoms with Gasteiger partial charge >= 0.3 is 0 Å². The lowest BCUT2D eigenvalue weighted by Crippen LogP contribution is -1.93. The first-order valence-corrected chi connectivity index (χ1v) is 15.0. The van der Waals surface area contributed by atoms with Crippen molar-refractivity contribution >= 4 is 43.5 Å². The molecule has 0 atom stereocenters. The molecule has 1 heteroatoms. The van der Waals surface area contributed by atoms with E-state index in [1.165, 1.54) is 0 Å². The van der Waals surface area contributed by atoms with Crippen LogP contribution in [0.5, 0.6) is 0 Å². The summed E-state index contributed by atoms with van der Waals surface area (Å²) in [4.78, 5) is 0. The Kier molecular flexibility index (Phi) is 4.63. The highest BCUT2D eigenvalue weighted by molar-refractivity contribution is 6.26. The first-order valence-electron chi connectivity index (χ1n) is 18.0. The fraction of sp³-hybridized carbons (Fsp3) is 0. The first-order chi connectivity index (χ1) is 24.9. The van der Waals surface area contributed by atoms with Crippen LogP contribution in [0.2, 0.25) is 0 Å². The van der Waals surface area contributed by atoms with Crippen LogP contribution in [0.3, 0.4) is 0 Å². The molecule has 0 saturated carbocycles. The number of hydrogen-bond acceptors (Lipinski definition) is 1. The van der Waals surface area contributed by atoms with Crippen LogP contribution in [0.1, 0.15) is 8.22 Å². The zero-order chi connectivity index (χ0) is 35.0. The Hall–Kier alpha value is -5.92. The minimum atomic E-state index is -0.411. The highest BCUT2D eigenvalue weighted by atomic mass is 16.3. The van der Waals surface area contributed by atoms with Gasteiger partial charge in [-0.2, -0.15) is 0 Å². The van der Waals surface area contributed by atoms with E-state index in [2.05, 4.69) is 42.5 Å². The van der Waals surface area contributed by atoms with Crippen molar-refractivity contribution in [1.82, 2.24) is 0 Å². The van der Waals surface area contributed by atoms with E-state index in [4.69, 9.17) is 9.90 Å². The highest BCUT2D eigenvalue weighted by Crippen LogP contribution is 2.49. The smallest absolute Gasteiger partial charge is 0.136 e. The minimum absolute atomic E-state index is 0.0302. The van der Waals surface area contributed by atoms with Crippen LogP contribution in [-0.2, 0) is 0 Å². The van der Waals surface area contributed by atoms with E-state index in [1.807, 2.05) is 91.0 Å². The first kappa shape index (κ1) is 20.1. The van der Waals surface area contributed by atoms with Crippen molar-refractivity contribution in [3.63, 3.8) is 0 Å². The zero-order valence-corrected chi connectivity index (χ0v) is 24.1. The molecule has 0 amide bonds. The number of benzene rings is 8. The third-order valence-electron chi connectivity index (χ3n) is 8.60. The lowest BCUT2D eigenvalue weighted by Gasteiger charge is -2.20. The van der Waals surface area contributed by atoms with Gasteiger partial charge in [-0.3, -0.25) is 0 Å². The van der Waals surface area contributed by atoms with Gasteiger partial charge in [0.2, 0.25) is 0 Å². The summed E-state index contributed by atoms with van der Waals surface area (Å²) < 4.78 is 60.4. The summed E-state index contributed by atoms with van der Waals surface area (Å²) in [5.74, 6) is 0. The average molecular weight is 579 g/mol. The van der Waals surface area contributed by atoms with Gasteiger partial charge in [-0.1, -0.05) is 152 Å². The van der Waals surface area contributed by atoms with Crippen LogP contribution >= 0.6 is 0 Å². The summed E-state index contributed by atoms with van der Waals surface area (Å²) >= 11 is 0. The molecule has 45 heavy (non-hydrogen) atoms. The van der Waals surface area contributed by atoms with E-state index in [0.29, 0.717) is 22.1 Å². The van der Waals surface area contributed by atoms with Gasteiger partial charge in [0.15, 0.2) is 0 Å². The average Bonchev–Trinajstić information content (AvgIpc) is 3.58. The van der Waals surface area contributed by atoms with Crippen molar-refractivity contribution < 1.29 is 12.6 Å². The van der Waals surface area contributed by atoms with Crippen molar-refractivity contribution in [2.24, 2.45) is 0 Å². The minimum Gasteiger partial charge on any atom is -0.456 e. The maximum atomic E-state index is 9.94. The van der Waals surface area contributed by atoms with Gasteiger partial charge in [0.05, 0.1) is 8.22 Å². The maximum Gasteiger partial charge on any atom is 0.136 e. The second-order valence-corrected chi connectivity index (χ2v) is 11.1. The van der Waals surface area contributed by atoms with Gasteiger partial charge in [-0.05, 0) is 84.2 Å². The molecule has 8 aromatic carbocycles. The van der Waals surface area contributed by atoms with Gasteiger partial charge in [0, 0.05) is 10.8 Å². The summed E-state index contributed by atoms with van der Waals surface area (Å²) in [7, 11) is 0. The van der Waals surface area contributed by atoms with E-state index < -0.39 is 12.1 Å². The second kappa shape index (κ2) is 10.4. The van der Waals surface area contributed by atoms with E-state index in [-0.39, 0.29) is 40.7 Å². The second-order valence-electron chi connectivity index (χ2n) is 11.1. The molecule has 9 aromatic rings. The molecule has 0 spiro atoms. The Bertz CT molecular complexity index is 2800. The molecule has 0 radical (unpaired) electrons. The van der Waals surface area contributed by atoms with Crippen molar-refractivity contribution in [2.45, 2.75) is 0 Å². The zero-order valence-electron chi connectivity index (χ0n) is 30.1. The van der Waals surface area contributed by atoms with Crippen molar-refractivity contribution in [3.8, 4) is 44.5 Å². The molecule has 0 bridgehead atoms. The predicted octanol–water partition coefficient (Wildman–Crippen LogP) is 12.6. The van der Waals surface area contributed by atoms with Crippen LogP contribution < -0.4 is 0 Å². The van der Waals surface area contributed by atoms with Gasteiger partial charge < -0.3 is 4.42 Å². The summed E-state index contributed by atoms with van der Waals surface area (Å²) in [6.07, 6.45) is 0. The van der Waals surface area contributed by atoms with Gasteiger partial charge in [0.25, 0.3) is 0 Å². The van der Waals surface area contributed by atoms with Gasteiger partial charge in [0.1, 0.15) is 11.2 Å². The summed E-state index contributed by atoms with van der Waals surface area (Å²) in [5, 5.41) is 4.17. The Balaban J connectivity index is 1.52. The monoisotopic (exact) mass is 578 g/mol. The molecule has 0 unspecified atom stereocenters. The molecular formula is C44H28O. The highest BCUT2D eigenvalue weighted by Gasteiger charge is 2.22. The quantitative estimate of drug-likeness (QED) is 0.189. The molecule has 0 fully saturated rings. The molecule has 1 heterocycles. The molecule has 0 saturated heterocycles. The fourth-order valence-electron chi connectivity index (χ4n) is 6.67. The summed E-state index contributed by atoms with van der Waals surface area (Å²) in [6.45, 7) is 0. The number of hydrogen-bond donors (Lipinski definition) is 0. The summed E-state index contributed by atoms with van der Waals surface area (Å²) in [5.41, 5.74) is 6.61. The Labute approximate surface area is 270 Å². The molecule has 9 rings (SSSR count). The third kappa shape index (κ3) is 4.09. The normalized spacial score (nSPS) is 13.4. The largest absolute Gasteiger partial charge is 0.456 e. The van der Waals surface area contributed by atoms with E-state index in [1.54, 1.807) is 0 Å². The van der Waals surface area contributed by atoms with Crippen LogP contribution in [0.15, 0.2) is 174 Å².